The maximum atomic E-state index is 11.9. The second kappa shape index (κ2) is 7.69. The predicted molar refractivity (Wildman–Crippen MR) is 92.1 cm³/mol. The molecule has 122 valence electrons. The van der Waals surface area contributed by atoms with Crippen LogP contribution in [0.15, 0.2) is 30.3 Å². The van der Waals surface area contributed by atoms with Crippen LogP contribution in [-0.4, -0.2) is 48.2 Å². The van der Waals surface area contributed by atoms with Gasteiger partial charge in [0, 0.05) is 18.8 Å². The van der Waals surface area contributed by atoms with E-state index in [2.05, 4.69) is 46.8 Å². The first kappa shape index (κ1) is 16.9. The number of likely N-dealkylation sites (N-methyl/N-ethyl adjacent to an activating group) is 1. The highest BCUT2D eigenvalue weighted by Gasteiger charge is 2.08. The van der Waals surface area contributed by atoms with Crippen molar-refractivity contribution in [2.45, 2.75) is 13.8 Å². The molecule has 0 saturated carbocycles. The minimum Gasteiger partial charge on any atom is -0.349 e. The van der Waals surface area contributed by atoms with E-state index in [4.69, 9.17) is 0 Å². The Hall–Kier alpha value is -2.47. The summed E-state index contributed by atoms with van der Waals surface area (Å²) < 4.78 is 0. The lowest BCUT2D eigenvalue weighted by Gasteiger charge is -2.10. The maximum absolute atomic E-state index is 11.9. The number of carbonyl (C=O) groups is 1. The molecule has 0 aliphatic rings. The molecule has 0 fully saturated rings. The van der Waals surface area contributed by atoms with Gasteiger partial charge in [-0.05, 0) is 63.3 Å². The number of nitrogens with one attached hydrogen (secondary N) is 2. The standard InChI is InChI=1S/C17H23N5O/c1-12-5-6-14(11-13(12)2)19-16-8-7-15(20-21-16)17(23)18-9-10-22(3)4/h5-8,11H,9-10H2,1-4H3,(H,18,23)(H,19,21). The molecule has 6 nitrogen and oxygen atoms in total. The van der Waals surface area contributed by atoms with Crippen LogP contribution in [0, 0.1) is 13.8 Å². The summed E-state index contributed by atoms with van der Waals surface area (Å²) in [4.78, 5) is 13.9. The van der Waals surface area contributed by atoms with Gasteiger partial charge in [-0.1, -0.05) is 6.07 Å². The van der Waals surface area contributed by atoms with Crippen LogP contribution in [0.2, 0.25) is 0 Å². The molecule has 0 bridgehead atoms. The summed E-state index contributed by atoms with van der Waals surface area (Å²) in [6.45, 7) is 5.50. The molecule has 0 aliphatic heterocycles. The molecule has 23 heavy (non-hydrogen) atoms. The van der Waals surface area contributed by atoms with Crippen molar-refractivity contribution >= 4 is 17.4 Å². The van der Waals surface area contributed by atoms with Crippen molar-refractivity contribution in [3.8, 4) is 0 Å². The third-order valence-corrected chi connectivity index (χ3v) is 3.52. The number of hydrogen-bond donors (Lipinski definition) is 2. The molecular weight excluding hydrogens is 290 g/mol. The predicted octanol–water partition coefficient (Wildman–Crippen LogP) is 2.13. The van der Waals surface area contributed by atoms with Gasteiger partial charge in [-0.2, -0.15) is 0 Å². The zero-order chi connectivity index (χ0) is 16.8. The van der Waals surface area contributed by atoms with Crippen LogP contribution in [0.3, 0.4) is 0 Å². The van der Waals surface area contributed by atoms with Gasteiger partial charge in [-0.15, -0.1) is 10.2 Å². The summed E-state index contributed by atoms with van der Waals surface area (Å²) >= 11 is 0. The molecule has 1 aromatic heterocycles. The monoisotopic (exact) mass is 313 g/mol. The van der Waals surface area contributed by atoms with Gasteiger partial charge in [-0.25, -0.2) is 0 Å². The highest BCUT2D eigenvalue weighted by molar-refractivity contribution is 5.92. The van der Waals surface area contributed by atoms with Crippen LogP contribution >= 0.6 is 0 Å². The van der Waals surface area contributed by atoms with E-state index in [-0.39, 0.29) is 5.91 Å². The fourth-order valence-corrected chi connectivity index (χ4v) is 1.97. The number of hydrogen-bond acceptors (Lipinski definition) is 5. The van der Waals surface area contributed by atoms with Crippen LogP contribution in [0.5, 0.6) is 0 Å². The van der Waals surface area contributed by atoms with Gasteiger partial charge >= 0.3 is 0 Å². The van der Waals surface area contributed by atoms with Gasteiger partial charge in [0.1, 0.15) is 0 Å². The SMILES string of the molecule is Cc1ccc(Nc2ccc(C(=O)NCCN(C)C)nn2)cc1C. The number of amides is 1. The molecule has 1 heterocycles. The summed E-state index contributed by atoms with van der Waals surface area (Å²) in [6, 6.07) is 9.52. The Morgan fingerprint density at radius 1 is 1.09 bits per heavy atom. The van der Waals surface area contributed by atoms with Crippen LogP contribution < -0.4 is 10.6 Å². The third-order valence-electron chi connectivity index (χ3n) is 3.52. The molecule has 2 aromatic rings. The smallest absolute Gasteiger partial charge is 0.271 e. The van der Waals surface area contributed by atoms with E-state index in [1.807, 2.05) is 25.1 Å². The highest BCUT2D eigenvalue weighted by Crippen LogP contribution is 2.17. The number of aromatic nitrogens is 2. The summed E-state index contributed by atoms with van der Waals surface area (Å²) in [6.07, 6.45) is 0. The quantitative estimate of drug-likeness (QED) is 0.855. The highest BCUT2D eigenvalue weighted by atomic mass is 16.1. The molecule has 1 amide bonds. The molecule has 0 aliphatic carbocycles. The second-order valence-corrected chi connectivity index (χ2v) is 5.79. The van der Waals surface area contributed by atoms with Crippen molar-refractivity contribution in [2.24, 2.45) is 0 Å². The van der Waals surface area contributed by atoms with E-state index >= 15 is 0 Å². The van der Waals surface area contributed by atoms with Crippen LogP contribution in [-0.2, 0) is 0 Å². The van der Waals surface area contributed by atoms with Gasteiger partial charge in [0.2, 0.25) is 0 Å². The summed E-state index contributed by atoms with van der Waals surface area (Å²) in [5.41, 5.74) is 3.71. The number of anilines is 2. The van der Waals surface area contributed by atoms with E-state index in [9.17, 15) is 4.79 Å². The molecule has 2 rings (SSSR count). The summed E-state index contributed by atoms with van der Waals surface area (Å²) in [5.74, 6) is 0.398. The lowest BCUT2D eigenvalue weighted by molar-refractivity contribution is 0.0945. The van der Waals surface area contributed by atoms with Crippen LogP contribution in [0.4, 0.5) is 11.5 Å². The van der Waals surface area contributed by atoms with Gasteiger partial charge in [0.25, 0.3) is 5.91 Å². The Morgan fingerprint density at radius 3 is 2.48 bits per heavy atom. The van der Waals surface area contributed by atoms with Crippen molar-refractivity contribution in [1.82, 2.24) is 20.4 Å². The topological polar surface area (TPSA) is 70.2 Å². The zero-order valence-electron chi connectivity index (χ0n) is 14.1. The molecule has 2 N–H and O–H groups in total. The van der Waals surface area contributed by atoms with Crippen molar-refractivity contribution < 1.29 is 4.79 Å². The Labute approximate surface area is 136 Å². The molecule has 0 unspecified atom stereocenters. The fraction of sp³-hybridized carbons (Fsp3) is 0.353. The van der Waals surface area contributed by atoms with Gasteiger partial charge < -0.3 is 15.5 Å². The molecule has 0 radical (unpaired) electrons. The number of aryl methyl sites for hydroxylation is 2. The molecule has 6 heteroatoms. The average molecular weight is 313 g/mol. The largest absolute Gasteiger partial charge is 0.349 e. The molecule has 1 aromatic carbocycles. The Morgan fingerprint density at radius 2 is 1.87 bits per heavy atom. The zero-order valence-corrected chi connectivity index (χ0v) is 14.1. The van der Waals surface area contributed by atoms with Crippen molar-refractivity contribution in [3.63, 3.8) is 0 Å². The number of nitrogens with zero attached hydrogens (tertiary/aromatic N) is 3. The summed E-state index contributed by atoms with van der Waals surface area (Å²) in [5, 5.41) is 14.0. The first-order chi connectivity index (χ1) is 11.0. The van der Waals surface area contributed by atoms with E-state index in [0.29, 0.717) is 18.1 Å². The first-order valence-electron chi connectivity index (χ1n) is 7.56. The lowest BCUT2D eigenvalue weighted by atomic mass is 10.1. The van der Waals surface area contributed by atoms with Crippen LogP contribution in [0.25, 0.3) is 0 Å². The van der Waals surface area contributed by atoms with Crippen molar-refractivity contribution in [3.05, 3.63) is 47.2 Å². The van der Waals surface area contributed by atoms with Crippen molar-refractivity contribution in [2.75, 3.05) is 32.5 Å². The van der Waals surface area contributed by atoms with Gasteiger partial charge in [0.05, 0.1) is 0 Å². The number of carbonyl (C=O) groups excluding carboxylic acids is 1. The van der Waals surface area contributed by atoms with E-state index in [1.165, 1.54) is 11.1 Å². The molecule has 0 saturated heterocycles. The molecular formula is C17H23N5O. The van der Waals surface area contributed by atoms with Gasteiger partial charge in [-0.3, -0.25) is 4.79 Å². The third kappa shape index (κ3) is 5.03. The average Bonchev–Trinajstić information content (AvgIpc) is 2.51. The van der Waals surface area contributed by atoms with Crippen LogP contribution in [0.1, 0.15) is 21.6 Å². The number of rotatable bonds is 6. The van der Waals surface area contributed by atoms with E-state index in [1.54, 1.807) is 12.1 Å². The molecule has 0 atom stereocenters. The fourth-order valence-electron chi connectivity index (χ4n) is 1.97. The minimum absolute atomic E-state index is 0.211. The van der Waals surface area contributed by atoms with Crippen molar-refractivity contribution in [1.29, 1.82) is 0 Å². The summed E-state index contributed by atoms with van der Waals surface area (Å²) in [7, 11) is 3.92. The number of benzene rings is 1. The second-order valence-electron chi connectivity index (χ2n) is 5.79. The molecule has 0 spiro atoms. The Balaban J connectivity index is 1.96. The minimum atomic E-state index is -0.211. The maximum Gasteiger partial charge on any atom is 0.271 e. The first-order valence-corrected chi connectivity index (χ1v) is 7.56. The van der Waals surface area contributed by atoms with E-state index in [0.717, 1.165) is 12.2 Å². The normalized spacial score (nSPS) is 10.7. The Kier molecular flexibility index (Phi) is 5.65. The Bertz CT molecular complexity index is 667. The van der Waals surface area contributed by atoms with Gasteiger partial charge in [0.15, 0.2) is 11.5 Å². The van der Waals surface area contributed by atoms with E-state index < -0.39 is 0 Å². The lowest BCUT2D eigenvalue weighted by Crippen LogP contribution is -2.31.